The van der Waals surface area contributed by atoms with Crippen LogP contribution in [0.15, 0.2) is 18.2 Å². The lowest BCUT2D eigenvalue weighted by atomic mass is 10.1. The molecular weight excluding hydrogens is 277 g/mol. The number of hydrogen-bond acceptors (Lipinski definition) is 3. The molecule has 2 rings (SSSR count). The number of benzene rings is 1. The first kappa shape index (κ1) is 13.0. The predicted molar refractivity (Wildman–Crippen MR) is 68.0 cm³/mol. The van der Waals surface area contributed by atoms with Gasteiger partial charge in [-0.25, -0.2) is 14.2 Å². The highest BCUT2D eigenvalue weighted by atomic mass is 35.5. The monoisotopic (exact) mass is 285 g/mol. The Kier molecular flexibility index (Phi) is 3.63. The Bertz CT molecular complexity index is 612. The van der Waals surface area contributed by atoms with Crippen LogP contribution in [0.25, 0.3) is 0 Å². The van der Waals surface area contributed by atoms with E-state index in [1.54, 1.807) is 19.1 Å². The van der Waals surface area contributed by atoms with Gasteiger partial charge in [0.15, 0.2) is 0 Å². The topological polar surface area (TPSA) is 50.2 Å². The number of carboxylic acid groups (broad SMARTS) is 1. The smallest absolute Gasteiger partial charge is 0.347 e. The average Bonchev–Trinajstić information content (AvgIpc) is 2.66. The molecule has 1 aromatic heterocycles. The molecule has 1 N–H and O–H groups in total. The summed E-state index contributed by atoms with van der Waals surface area (Å²) in [7, 11) is 0. The predicted octanol–water partition coefficient (Wildman–Crippen LogP) is 3.53. The molecule has 0 amide bonds. The number of aromatic nitrogens is 1. The minimum atomic E-state index is -1.01. The summed E-state index contributed by atoms with van der Waals surface area (Å²) in [5.41, 5.74) is 0.859. The quantitative estimate of drug-likeness (QED) is 0.938. The molecule has 0 fully saturated rings. The lowest BCUT2D eigenvalue weighted by Crippen LogP contribution is -1.94. The molecule has 1 aromatic carbocycles. The minimum Gasteiger partial charge on any atom is -0.477 e. The van der Waals surface area contributed by atoms with Crippen molar-refractivity contribution in [2.45, 2.75) is 13.3 Å². The van der Waals surface area contributed by atoms with Gasteiger partial charge >= 0.3 is 5.97 Å². The number of halogens is 2. The second kappa shape index (κ2) is 5.04. The summed E-state index contributed by atoms with van der Waals surface area (Å²) < 4.78 is 13.7. The molecule has 2 aromatic rings. The number of carbonyl (C=O) groups is 1. The maximum absolute atomic E-state index is 13.7. The van der Waals surface area contributed by atoms with E-state index in [1.807, 2.05) is 0 Å². The van der Waals surface area contributed by atoms with Crippen LogP contribution in [0.4, 0.5) is 4.39 Å². The van der Waals surface area contributed by atoms with Crippen molar-refractivity contribution in [2.24, 2.45) is 0 Å². The van der Waals surface area contributed by atoms with E-state index in [0.717, 1.165) is 11.3 Å². The van der Waals surface area contributed by atoms with Crippen molar-refractivity contribution in [2.75, 3.05) is 0 Å². The number of nitrogens with zero attached hydrogens (tertiary/aromatic N) is 1. The third-order valence-electron chi connectivity index (χ3n) is 2.41. The van der Waals surface area contributed by atoms with E-state index in [1.165, 1.54) is 6.07 Å². The number of thiazole rings is 1. The molecule has 0 saturated carbocycles. The zero-order valence-electron chi connectivity index (χ0n) is 9.41. The van der Waals surface area contributed by atoms with Crippen molar-refractivity contribution >= 4 is 28.9 Å². The number of aryl methyl sites for hydroxylation is 1. The molecule has 3 nitrogen and oxygen atoms in total. The summed E-state index contributed by atoms with van der Waals surface area (Å²) in [5.74, 6) is -1.49. The Morgan fingerprint density at radius 3 is 2.89 bits per heavy atom. The summed E-state index contributed by atoms with van der Waals surface area (Å²) in [6.07, 6.45) is 0.241. The first-order chi connectivity index (χ1) is 8.49. The Balaban J connectivity index is 2.32. The maximum atomic E-state index is 13.7. The van der Waals surface area contributed by atoms with Crippen molar-refractivity contribution < 1.29 is 14.3 Å². The Morgan fingerprint density at radius 2 is 2.28 bits per heavy atom. The summed E-state index contributed by atoms with van der Waals surface area (Å²) >= 11 is 6.74. The van der Waals surface area contributed by atoms with Crippen LogP contribution in [0.3, 0.4) is 0 Å². The molecule has 1 heterocycles. The zero-order valence-corrected chi connectivity index (χ0v) is 11.0. The Morgan fingerprint density at radius 1 is 1.56 bits per heavy atom. The summed E-state index contributed by atoms with van der Waals surface area (Å²) in [5, 5.41) is 9.54. The van der Waals surface area contributed by atoms with E-state index in [2.05, 4.69) is 4.98 Å². The first-order valence-corrected chi connectivity index (χ1v) is 6.31. The second-order valence-corrected chi connectivity index (χ2v) is 5.21. The van der Waals surface area contributed by atoms with Gasteiger partial charge in [0.05, 0.1) is 15.7 Å². The van der Waals surface area contributed by atoms with Crippen molar-refractivity contribution in [1.82, 2.24) is 4.98 Å². The molecule has 0 aliphatic rings. The number of hydrogen-bond donors (Lipinski definition) is 1. The molecule has 0 aliphatic heterocycles. The van der Waals surface area contributed by atoms with Crippen molar-refractivity contribution in [1.29, 1.82) is 0 Å². The lowest BCUT2D eigenvalue weighted by Gasteiger charge is -2.01. The van der Waals surface area contributed by atoms with Gasteiger partial charge in [0.2, 0.25) is 0 Å². The molecular formula is C12H9ClFNO2S. The van der Waals surface area contributed by atoms with E-state index in [4.69, 9.17) is 16.7 Å². The molecule has 0 radical (unpaired) electrons. The van der Waals surface area contributed by atoms with Crippen molar-refractivity contribution in [3.63, 3.8) is 0 Å². The van der Waals surface area contributed by atoms with E-state index >= 15 is 0 Å². The van der Waals surface area contributed by atoms with E-state index in [-0.39, 0.29) is 16.3 Å². The molecule has 0 saturated heterocycles. The van der Waals surface area contributed by atoms with Crippen LogP contribution in [0, 0.1) is 12.7 Å². The summed E-state index contributed by atoms with van der Waals surface area (Å²) in [6, 6.07) is 4.73. The number of aromatic carboxylic acids is 1. The molecule has 0 bridgehead atoms. The van der Waals surface area contributed by atoms with Gasteiger partial charge in [-0.05, 0) is 18.6 Å². The first-order valence-electron chi connectivity index (χ1n) is 5.11. The highest BCUT2D eigenvalue weighted by Gasteiger charge is 2.15. The van der Waals surface area contributed by atoms with Gasteiger partial charge in [0, 0.05) is 6.42 Å². The van der Waals surface area contributed by atoms with E-state index in [0.29, 0.717) is 16.3 Å². The lowest BCUT2D eigenvalue weighted by molar-refractivity contribution is 0.0701. The summed E-state index contributed by atoms with van der Waals surface area (Å²) in [4.78, 5) is 15.2. The maximum Gasteiger partial charge on any atom is 0.347 e. The Hall–Kier alpha value is -1.46. The van der Waals surface area contributed by atoms with Gasteiger partial charge in [-0.1, -0.05) is 23.7 Å². The fraction of sp³-hybridized carbons (Fsp3) is 0.167. The fourth-order valence-corrected chi connectivity index (χ4v) is 2.69. The van der Waals surface area contributed by atoms with Crippen LogP contribution in [0.1, 0.15) is 25.9 Å². The Labute approximate surface area is 112 Å². The molecule has 6 heteroatoms. The molecule has 0 unspecified atom stereocenters. The van der Waals surface area contributed by atoms with E-state index in [9.17, 15) is 9.18 Å². The van der Waals surface area contributed by atoms with Crippen LogP contribution in [0.2, 0.25) is 5.02 Å². The second-order valence-electron chi connectivity index (χ2n) is 3.72. The molecule has 94 valence electrons. The average molecular weight is 286 g/mol. The van der Waals surface area contributed by atoms with Crippen LogP contribution in [-0.4, -0.2) is 16.1 Å². The van der Waals surface area contributed by atoms with Gasteiger partial charge in [-0.3, -0.25) is 0 Å². The van der Waals surface area contributed by atoms with Crippen molar-refractivity contribution in [3.05, 3.63) is 50.2 Å². The third kappa shape index (κ3) is 2.52. The normalized spacial score (nSPS) is 10.6. The van der Waals surface area contributed by atoms with Gasteiger partial charge in [-0.2, -0.15) is 0 Å². The molecule has 18 heavy (non-hydrogen) atoms. The standard InChI is InChI=1S/C12H9ClFNO2S/c1-6-11(12(16)17)18-9(15-6)5-7-3-2-4-8(13)10(7)14/h2-4H,5H2,1H3,(H,16,17). The minimum absolute atomic E-state index is 0.0548. The van der Waals surface area contributed by atoms with Crippen molar-refractivity contribution in [3.8, 4) is 0 Å². The highest BCUT2D eigenvalue weighted by Crippen LogP contribution is 2.24. The van der Waals surface area contributed by atoms with Gasteiger partial charge < -0.3 is 5.11 Å². The highest BCUT2D eigenvalue weighted by molar-refractivity contribution is 7.13. The van der Waals surface area contributed by atoms with Crippen LogP contribution in [0.5, 0.6) is 0 Å². The van der Waals surface area contributed by atoms with Gasteiger partial charge in [0.1, 0.15) is 10.7 Å². The largest absolute Gasteiger partial charge is 0.477 e. The summed E-state index contributed by atoms with van der Waals surface area (Å²) in [6.45, 7) is 1.62. The van der Waals surface area contributed by atoms with E-state index < -0.39 is 11.8 Å². The van der Waals surface area contributed by atoms with Crippen LogP contribution >= 0.6 is 22.9 Å². The van der Waals surface area contributed by atoms with Crippen LogP contribution in [-0.2, 0) is 6.42 Å². The van der Waals surface area contributed by atoms with Crippen LogP contribution < -0.4 is 0 Å². The molecule has 0 spiro atoms. The number of rotatable bonds is 3. The molecule has 0 aliphatic carbocycles. The van der Waals surface area contributed by atoms with Gasteiger partial charge in [0.25, 0.3) is 0 Å². The molecule has 0 atom stereocenters. The zero-order chi connectivity index (χ0) is 13.3. The third-order valence-corrected chi connectivity index (χ3v) is 3.85. The SMILES string of the molecule is Cc1nc(Cc2cccc(Cl)c2F)sc1C(=O)O. The number of carboxylic acids is 1. The fourth-order valence-electron chi connectivity index (χ4n) is 1.57. The van der Waals surface area contributed by atoms with Gasteiger partial charge in [-0.15, -0.1) is 11.3 Å².